The van der Waals surface area contributed by atoms with Crippen molar-refractivity contribution in [3.8, 4) is 0 Å². The van der Waals surface area contributed by atoms with Crippen molar-refractivity contribution in [2.24, 2.45) is 0 Å². The molecule has 12 heavy (non-hydrogen) atoms. The first-order valence-electron chi connectivity index (χ1n) is 3.86. The van der Waals surface area contributed by atoms with Crippen molar-refractivity contribution in [3.05, 3.63) is 23.5 Å². The molecule has 2 rings (SSSR count). The summed E-state index contributed by atoms with van der Waals surface area (Å²) in [6.45, 7) is 3.55. The molecule has 0 saturated carbocycles. The fourth-order valence-corrected chi connectivity index (χ4v) is 1.05. The van der Waals surface area contributed by atoms with Gasteiger partial charge in [0.15, 0.2) is 0 Å². The predicted octanol–water partition coefficient (Wildman–Crippen LogP) is 0.241. The third-order valence-electron chi connectivity index (χ3n) is 1.87. The molecule has 1 aliphatic heterocycles. The van der Waals surface area contributed by atoms with Gasteiger partial charge in [-0.25, -0.2) is 0 Å². The molecule has 1 amide bonds. The van der Waals surface area contributed by atoms with Crippen LogP contribution in [0.5, 0.6) is 0 Å². The van der Waals surface area contributed by atoms with E-state index in [0.717, 1.165) is 13.1 Å². The van der Waals surface area contributed by atoms with Crippen LogP contribution in [-0.4, -0.2) is 34.1 Å². The number of aromatic nitrogens is 2. The van der Waals surface area contributed by atoms with Gasteiger partial charge >= 0.3 is 0 Å². The monoisotopic (exact) mass is 163 g/mol. The fraction of sp³-hybridized carbons (Fsp3) is 0.375. The van der Waals surface area contributed by atoms with Crippen molar-refractivity contribution in [1.82, 2.24) is 15.1 Å². The van der Waals surface area contributed by atoms with Crippen LogP contribution in [0.1, 0.15) is 16.1 Å². The topological polar surface area (TPSA) is 45.9 Å². The summed E-state index contributed by atoms with van der Waals surface area (Å²) in [7, 11) is 0. The molecule has 0 N–H and O–H groups in total. The Morgan fingerprint density at radius 2 is 2.33 bits per heavy atom. The lowest BCUT2D eigenvalue weighted by Crippen LogP contribution is -2.13. The van der Waals surface area contributed by atoms with Crippen LogP contribution in [0.4, 0.5) is 0 Å². The van der Waals surface area contributed by atoms with E-state index in [2.05, 4.69) is 10.2 Å². The van der Waals surface area contributed by atoms with Gasteiger partial charge in [-0.3, -0.25) is 4.79 Å². The first-order valence-corrected chi connectivity index (χ1v) is 3.86. The zero-order valence-electron chi connectivity index (χ0n) is 6.82. The summed E-state index contributed by atoms with van der Waals surface area (Å²) in [5.41, 5.74) is 1.37. The van der Waals surface area contributed by atoms with Crippen LogP contribution in [-0.2, 0) is 0 Å². The molecule has 0 aromatic carbocycles. The van der Waals surface area contributed by atoms with Gasteiger partial charge in [0, 0.05) is 13.1 Å². The van der Waals surface area contributed by atoms with Crippen LogP contribution in [0, 0.1) is 6.92 Å². The smallest absolute Gasteiger partial charge is 0.255 e. The quantitative estimate of drug-likeness (QED) is 0.557. The largest absolute Gasteiger partial charge is 0.335 e. The molecule has 1 saturated heterocycles. The highest BCUT2D eigenvalue weighted by molar-refractivity contribution is 5.96. The van der Waals surface area contributed by atoms with Gasteiger partial charge in [-0.2, -0.15) is 10.2 Å². The normalized spacial score (nSPS) is 14.6. The summed E-state index contributed by atoms with van der Waals surface area (Å²) in [5.74, 6) is 0.0717. The first kappa shape index (κ1) is 7.21. The molecule has 0 atom stereocenters. The standard InChI is InChI=1S/C8H9N3O/c1-6-7(2-3-9-10-6)8(12)11-4-5-11/h2-3H,4-5H2,1H3. The first-order chi connectivity index (χ1) is 5.79. The lowest BCUT2D eigenvalue weighted by molar-refractivity contribution is 0.0884. The average Bonchev–Trinajstić information content (AvgIpc) is 2.86. The Kier molecular flexibility index (Phi) is 1.53. The van der Waals surface area contributed by atoms with E-state index >= 15 is 0 Å². The number of carbonyl (C=O) groups excluding carboxylic acids is 1. The summed E-state index contributed by atoms with van der Waals surface area (Å²) in [5, 5.41) is 7.50. The Bertz CT molecular complexity index is 320. The van der Waals surface area contributed by atoms with Gasteiger partial charge in [-0.05, 0) is 13.0 Å². The van der Waals surface area contributed by atoms with Crippen molar-refractivity contribution in [2.45, 2.75) is 6.92 Å². The Morgan fingerprint density at radius 3 is 2.92 bits per heavy atom. The number of rotatable bonds is 1. The molecule has 1 fully saturated rings. The molecule has 0 radical (unpaired) electrons. The van der Waals surface area contributed by atoms with E-state index in [1.165, 1.54) is 0 Å². The number of nitrogens with zero attached hydrogens (tertiary/aromatic N) is 3. The Balaban J connectivity index is 2.32. The SMILES string of the molecule is Cc1nnccc1C(=O)N1CC1. The summed E-state index contributed by atoms with van der Waals surface area (Å²) < 4.78 is 0. The van der Waals surface area contributed by atoms with Crippen molar-refractivity contribution in [3.63, 3.8) is 0 Å². The zero-order valence-corrected chi connectivity index (χ0v) is 6.82. The number of hydrogen-bond donors (Lipinski definition) is 0. The van der Waals surface area contributed by atoms with Crippen LogP contribution in [0.25, 0.3) is 0 Å². The number of hydrogen-bond acceptors (Lipinski definition) is 3. The minimum absolute atomic E-state index is 0.0717. The van der Waals surface area contributed by atoms with Crippen molar-refractivity contribution in [1.29, 1.82) is 0 Å². The minimum atomic E-state index is 0.0717. The summed E-state index contributed by atoms with van der Waals surface area (Å²) in [6, 6.07) is 1.71. The van der Waals surface area contributed by atoms with E-state index in [9.17, 15) is 4.79 Å². The van der Waals surface area contributed by atoms with Crippen molar-refractivity contribution < 1.29 is 4.79 Å². The molecule has 1 aromatic heterocycles. The maximum atomic E-state index is 11.5. The van der Waals surface area contributed by atoms with Crippen LogP contribution in [0.2, 0.25) is 0 Å². The molecule has 4 nitrogen and oxygen atoms in total. The molecule has 4 heteroatoms. The molecule has 0 aliphatic carbocycles. The second-order valence-corrected chi connectivity index (χ2v) is 2.82. The number of amides is 1. The van der Waals surface area contributed by atoms with Gasteiger partial charge in [0.05, 0.1) is 17.5 Å². The van der Waals surface area contributed by atoms with Crippen LogP contribution in [0.3, 0.4) is 0 Å². The van der Waals surface area contributed by atoms with E-state index in [4.69, 9.17) is 0 Å². The van der Waals surface area contributed by atoms with Crippen LogP contribution < -0.4 is 0 Å². The van der Waals surface area contributed by atoms with Gasteiger partial charge in [0.25, 0.3) is 5.91 Å². The molecule has 0 bridgehead atoms. The lowest BCUT2D eigenvalue weighted by atomic mass is 10.2. The number of aryl methyl sites for hydroxylation is 1. The highest BCUT2D eigenvalue weighted by Crippen LogP contribution is 2.12. The van der Waals surface area contributed by atoms with Gasteiger partial charge < -0.3 is 4.90 Å². The fourth-order valence-electron chi connectivity index (χ4n) is 1.05. The van der Waals surface area contributed by atoms with Crippen molar-refractivity contribution in [2.75, 3.05) is 13.1 Å². The summed E-state index contributed by atoms with van der Waals surface area (Å²) in [6.07, 6.45) is 1.55. The average molecular weight is 163 g/mol. The third-order valence-corrected chi connectivity index (χ3v) is 1.87. The maximum absolute atomic E-state index is 11.5. The molecular formula is C8H9N3O. The molecule has 62 valence electrons. The van der Waals surface area contributed by atoms with E-state index in [1.807, 2.05) is 0 Å². The predicted molar refractivity (Wildman–Crippen MR) is 42.7 cm³/mol. The zero-order chi connectivity index (χ0) is 8.55. The van der Waals surface area contributed by atoms with Crippen LogP contribution in [0.15, 0.2) is 12.3 Å². The summed E-state index contributed by atoms with van der Waals surface area (Å²) >= 11 is 0. The minimum Gasteiger partial charge on any atom is -0.335 e. The van der Waals surface area contributed by atoms with E-state index < -0.39 is 0 Å². The highest BCUT2D eigenvalue weighted by atomic mass is 16.2. The molecule has 1 aliphatic rings. The Hall–Kier alpha value is -1.45. The van der Waals surface area contributed by atoms with E-state index in [-0.39, 0.29) is 5.91 Å². The Labute approximate surface area is 70.2 Å². The van der Waals surface area contributed by atoms with E-state index in [1.54, 1.807) is 24.1 Å². The molecule has 0 spiro atoms. The third kappa shape index (κ3) is 1.15. The van der Waals surface area contributed by atoms with Gasteiger partial charge in [0.2, 0.25) is 0 Å². The highest BCUT2D eigenvalue weighted by Gasteiger charge is 2.26. The lowest BCUT2D eigenvalue weighted by Gasteiger charge is -2.02. The molecular weight excluding hydrogens is 154 g/mol. The van der Waals surface area contributed by atoms with Gasteiger partial charge in [-0.15, -0.1) is 0 Å². The maximum Gasteiger partial charge on any atom is 0.255 e. The Morgan fingerprint density at radius 1 is 1.58 bits per heavy atom. The van der Waals surface area contributed by atoms with E-state index in [0.29, 0.717) is 11.3 Å². The second kappa shape index (κ2) is 2.55. The summed E-state index contributed by atoms with van der Waals surface area (Å²) in [4.78, 5) is 13.3. The van der Waals surface area contributed by atoms with Gasteiger partial charge in [-0.1, -0.05) is 0 Å². The molecule has 0 unspecified atom stereocenters. The number of carbonyl (C=O) groups is 1. The second-order valence-electron chi connectivity index (χ2n) is 2.82. The van der Waals surface area contributed by atoms with Crippen molar-refractivity contribution >= 4 is 5.91 Å². The molecule has 2 heterocycles. The van der Waals surface area contributed by atoms with Crippen LogP contribution >= 0.6 is 0 Å². The van der Waals surface area contributed by atoms with Gasteiger partial charge in [0.1, 0.15) is 0 Å². The molecule has 1 aromatic rings.